The molecule has 2 heterocycles. The van der Waals surface area contributed by atoms with E-state index in [4.69, 9.17) is 21.1 Å². The van der Waals surface area contributed by atoms with Crippen molar-refractivity contribution in [1.82, 2.24) is 15.0 Å². The minimum absolute atomic E-state index is 0.495. The largest absolute Gasteiger partial charge is 0.497 e. The van der Waals surface area contributed by atoms with E-state index >= 15 is 0 Å². The molecular formula is C19H19ClN4O2. The predicted molar refractivity (Wildman–Crippen MR) is 103 cm³/mol. The van der Waals surface area contributed by atoms with Gasteiger partial charge in [0, 0.05) is 41.9 Å². The summed E-state index contributed by atoms with van der Waals surface area (Å²) in [4.78, 5) is 12.1. The molecule has 1 aliphatic rings. The number of nitrogens with one attached hydrogen (secondary N) is 2. The Balaban J connectivity index is 1.81. The molecule has 2 aromatic heterocycles. The fourth-order valence-electron chi connectivity index (χ4n) is 3.26. The van der Waals surface area contributed by atoms with Crippen LogP contribution >= 0.6 is 11.6 Å². The Morgan fingerprint density at radius 3 is 2.88 bits per heavy atom. The van der Waals surface area contributed by atoms with Crippen molar-refractivity contribution in [3.8, 4) is 0 Å². The standard InChI is InChI=1S/C19H19ClN4O2/c1-11-8-15(17-13(23-11)4-5-14-18(17)22-10-21-14)24-12-6-7-19(20,26-3)16(9-12)25-2/h4-6,8-10,23-24H,7H2,1-3H3. The molecule has 0 saturated heterocycles. The number of aromatic nitrogens is 3. The van der Waals surface area contributed by atoms with E-state index < -0.39 is 5.06 Å². The van der Waals surface area contributed by atoms with Crippen molar-refractivity contribution in [2.24, 2.45) is 0 Å². The summed E-state index contributed by atoms with van der Waals surface area (Å²) in [6.45, 7) is 2.02. The van der Waals surface area contributed by atoms with Crippen LogP contribution in [-0.2, 0) is 9.47 Å². The normalized spacial score (nSPS) is 20.2. The Kier molecular flexibility index (Phi) is 4.09. The van der Waals surface area contributed by atoms with Crippen molar-refractivity contribution in [2.75, 3.05) is 19.5 Å². The highest BCUT2D eigenvalue weighted by Crippen LogP contribution is 2.37. The molecule has 7 heteroatoms. The number of fused-ring (bicyclic) bond motifs is 3. The van der Waals surface area contributed by atoms with Crippen LogP contribution in [-0.4, -0.2) is 34.2 Å². The van der Waals surface area contributed by atoms with Crippen LogP contribution in [0, 0.1) is 6.92 Å². The highest BCUT2D eigenvalue weighted by atomic mass is 35.5. The van der Waals surface area contributed by atoms with Crippen molar-refractivity contribution in [3.63, 3.8) is 0 Å². The average Bonchev–Trinajstić information content (AvgIpc) is 3.11. The molecule has 1 aliphatic carbocycles. The van der Waals surface area contributed by atoms with Gasteiger partial charge in [0.2, 0.25) is 5.06 Å². The number of aryl methyl sites for hydroxylation is 1. The monoisotopic (exact) mass is 370 g/mol. The van der Waals surface area contributed by atoms with E-state index in [1.54, 1.807) is 20.5 Å². The number of pyridine rings is 1. The quantitative estimate of drug-likeness (QED) is 0.672. The number of hydrogen-bond acceptors (Lipinski definition) is 5. The fourth-order valence-corrected chi connectivity index (χ4v) is 3.47. The van der Waals surface area contributed by atoms with Gasteiger partial charge in [-0.1, -0.05) is 17.7 Å². The maximum atomic E-state index is 6.47. The summed E-state index contributed by atoms with van der Waals surface area (Å²) in [6, 6.07) is 6.04. The molecule has 2 N–H and O–H groups in total. The first-order valence-corrected chi connectivity index (χ1v) is 8.62. The number of methoxy groups -OCH3 is 2. The number of benzene rings is 1. The number of nitrogens with zero attached hydrogens (tertiary/aromatic N) is 2. The van der Waals surface area contributed by atoms with Crippen LogP contribution in [0.25, 0.3) is 21.9 Å². The lowest BCUT2D eigenvalue weighted by Crippen LogP contribution is -2.30. The third-order valence-electron chi connectivity index (χ3n) is 4.56. The highest BCUT2D eigenvalue weighted by molar-refractivity contribution is 6.25. The number of anilines is 1. The lowest BCUT2D eigenvalue weighted by Gasteiger charge is -2.29. The smallest absolute Gasteiger partial charge is 0.202 e. The molecule has 1 unspecified atom stereocenters. The molecule has 1 aromatic carbocycles. The first-order chi connectivity index (χ1) is 12.5. The third-order valence-corrected chi connectivity index (χ3v) is 5.06. The molecule has 1 atom stereocenters. The van der Waals surface area contributed by atoms with Crippen molar-refractivity contribution < 1.29 is 9.47 Å². The highest BCUT2D eigenvalue weighted by Gasteiger charge is 2.35. The number of allylic oxidation sites excluding steroid dienone is 1. The maximum Gasteiger partial charge on any atom is 0.202 e. The molecule has 0 saturated carbocycles. The number of ether oxygens (including phenoxy) is 2. The Morgan fingerprint density at radius 2 is 2.12 bits per heavy atom. The van der Waals surface area contributed by atoms with E-state index in [-0.39, 0.29) is 0 Å². The SMILES string of the molecule is COC1=CC(Nc2cc(C)[nH]c3ccc4ncnc4c23)=CCC1(Cl)OC. The van der Waals surface area contributed by atoms with Gasteiger partial charge in [-0.15, -0.1) is 0 Å². The summed E-state index contributed by atoms with van der Waals surface area (Å²) in [5.41, 5.74) is 5.59. The molecule has 134 valence electrons. The second-order valence-corrected chi connectivity index (χ2v) is 6.84. The number of rotatable bonds is 4. The molecule has 0 amide bonds. The molecule has 0 spiro atoms. The van der Waals surface area contributed by atoms with Crippen LogP contribution in [0.4, 0.5) is 5.69 Å². The van der Waals surface area contributed by atoms with E-state index in [0.29, 0.717) is 12.2 Å². The lowest BCUT2D eigenvalue weighted by molar-refractivity contribution is 0.0459. The minimum atomic E-state index is -0.965. The molecule has 3 aromatic rings. The molecule has 0 aliphatic heterocycles. The van der Waals surface area contributed by atoms with Gasteiger partial charge in [-0.05, 0) is 25.1 Å². The molecule has 6 nitrogen and oxygen atoms in total. The van der Waals surface area contributed by atoms with E-state index in [1.165, 1.54) is 0 Å². The zero-order chi connectivity index (χ0) is 18.3. The van der Waals surface area contributed by atoms with Crippen LogP contribution in [0.1, 0.15) is 12.1 Å². The second-order valence-electron chi connectivity index (χ2n) is 6.23. The van der Waals surface area contributed by atoms with Crippen LogP contribution in [0.2, 0.25) is 0 Å². The summed E-state index contributed by atoms with van der Waals surface area (Å²) < 4.78 is 10.8. The lowest BCUT2D eigenvalue weighted by atomic mass is 10.1. The van der Waals surface area contributed by atoms with Gasteiger partial charge in [0.05, 0.1) is 18.3 Å². The van der Waals surface area contributed by atoms with Gasteiger partial charge in [-0.25, -0.2) is 9.97 Å². The first kappa shape index (κ1) is 16.9. The zero-order valence-corrected chi connectivity index (χ0v) is 15.5. The van der Waals surface area contributed by atoms with Gasteiger partial charge < -0.3 is 19.8 Å². The topological polar surface area (TPSA) is 72.1 Å². The Labute approximate surface area is 155 Å². The Hall–Kier alpha value is -2.57. The van der Waals surface area contributed by atoms with Crippen molar-refractivity contribution in [1.29, 1.82) is 0 Å². The molecule has 0 fully saturated rings. The Bertz CT molecular complexity index is 1060. The summed E-state index contributed by atoms with van der Waals surface area (Å²) >= 11 is 6.47. The molecular weight excluding hydrogens is 352 g/mol. The summed E-state index contributed by atoms with van der Waals surface area (Å²) in [5, 5.41) is 3.50. The number of alkyl halides is 1. The van der Waals surface area contributed by atoms with Crippen molar-refractivity contribution in [3.05, 3.63) is 53.8 Å². The second kappa shape index (κ2) is 6.30. The molecule has 0 bridgehead atoms. The van der Waals surface area contributed by atoms with E-state index in [2.05, 4.69) is 26.3 Å². The van der Waals surface area contributed by atoms with Gasteiger partial charge >= 0.3 is 0 Å². The number of imidazole rings is 1. The minimum Gasteiger partial charge on any atom is -0.497 e. The maximum absolute atomic E-state index is 6.47. The molecule has 0 radical (unpaired) electrons. The predicted octanol–water partition coefficient (Wildman–Crippen LogP) is 4.23. The van der Waals surface area contributed by atoms with Crippen LogP contribution < -0.4 is 5.32 Å². The zero-order valence-electron chi connectivity index (χ0n) is 14.8. The number of halogens is 1. The van der Waals surface area contributed by atoms with Crippen LogP contribution in [0.3, 0.4) is 0 Å². The molecule has 26 heavy (non-hydrogen) atoms. The van der Waals surface area contributed by atoms with E-state index in [9.17, 15) is 0 Å². The van der Waals surface area contributed by atoms with E-state index in [1.807, 2.05) is 31.2 Å². The van der Waals surface area contributed by atoms with E-state index in [0.717, 1.165) is 39.0 Å². The first-order valence-electron chi connectivity index (χ1n) is 8.24. The van der Waals surface area contributed by atoms with Gasteiger partial charge in [-0.3, -0.25) is 0 Å². The number of hydrogen-bond donors (Lipinski definition) is 2. The summed E-state index contributed by atoms with van der Waals surface area (Å²) in [6.07, 6.45) is 5.92. The van der Waals surface area contributed by atoms with Crippen molar-refractivity contribution >= 4 is 39.2 Å². The van der Waals surface area contributed by atoms with Gasteiger partial charge in [0.15, 0.2) is 0 Å². The fraction of sp³-hybridized carbons (Fsp3) is 0.263. The van der Waals surface area contributed by atoms with Gasteiger partial charge in [0.1, 0.15) is 17.6 Å². The van der Waals surface area contributed by atoms with Gasteiger partial charge in [-0.2, -0.15) is 0 Å². The summed E-state index contributed by atoms with van der Waals surface area (Å²) in [5.74, 6) is 0.563. The Morgan fingerprint density at radius 1 is 1.27 bits per heavy atom. The number of H-pyrrole nitrogens is 1. The van der Waals surface area contributed by atoms with Crippen molar-refractivity contribution in [2.45, 2.75) is 18.4 Å². The number of aromatic amines is 1. The van der Waals surface area contributed by atoms with Crippen LogP contribution in [0.5, 0.6) is 0 Å². The van der Waals surface area contributed by atoms with Crippen LogP contribution in [0.15, 0.2) is 48.1 Å². The third kappa shape index (κ3) is 2.71. The summed E-state index contributed by atoms with van der Waals surface area (Å²) in [7, 11) is 3.16. The van der Waals surface area contributed by atoms with Gasteiger partial charge in [0.25, 0.3) is 0 Å². The molecule has 4 rings (SSSR count). The average molecular weight is 371 g/mol.